The van der Waals surface area contributed by atoms with E-state index < -0.39 is 0 Å². The first kappa shape index (κ1) is 20.6. The molecule has 0 spiro atoms. The fourth-order valence-electron chi connectivity index (χ4n) is 3.44. The van der Waals surface area contributed by atoms with Gasteiger partial charge in [0.05, 0.1) is 23.5 Å². The predicted octanol–water partition coefficient (Wildman–Crippen LogP) is 3.17. The third-order valence-electron chi connectivity index (χ3n) is 4.92. The Morgan fingerprint density at radius 2 is 2.32 bits per heavy atom. The third kappa shape index (κ3) is 4.57. The molecule has 1 saturated heterocycles. The van der Waals surface area contributed by atoms with Gasteiger partial charge in [0.25, 0.3) is 0 Å². The van der Waals surface area contributed by atoms with Crippen LogP contribution in [0.3, 0.4) is 0 Å². The van der Waals surface area contributed by atoms with Gasteiger partial charge in [0.1, 0.15) is 11.6 Å². The van der Waals surface area contributed by atoms with Crippen LogP contribution in [0.15, 0.2) is 37.1 Å². The largest absolute Gasteiger partial charge is 0.480 e. The Morgan fingerprint density at radius 3 is 3.10 bits per heavy atom. The monoisotopic (exact) mass is 435 g/mol. The van der Waals surface area contributed by atoms with Crippen molar-refractivity contribution in [3.8, 4) is 11.9 Å². The van der Waals surface area contributed by atoms with E-state index in [9.17, 15) is 4.79 Å². The maximum Gasteiger partial charge on any atom is 0.247 e. The fourth-order valence-corrected chi connectivity index (χ4v) is 4.42. The second kappa shape index (κ2) is 8.97. The van der Waals surface area contributed by atoms with E-state index in [2.05, 4.69) is 32.1 Å². The Balaban J connectivity index is 1.48. The van der Waals surface area contributed by atoms with Crippen LogP contribution in [0.5, 0.6) is 5.88 Å². The van der Waals surface area contributed by atoms with Crippen molar-refractivity contribution in [3.05, 3.63) is 42.6 Å². The maximum absolute atomic E-state index is 11.5. The van der Waals surface area contributed by atoms with E-state index in [-0.39, 0.29) is 17.8 Å². The Morgan fingerprint density at radius 1 is 1.45 bits per heavy atom. The number of nitriles is 1. The number of amides is 1. The van der Waals surface area contributed by atoms with Gasteiger partial charge in [-0.25, -0.2) is 9.97 Å². The standard InChI is InChI=1S/C21H21N7O2S/c1-3-18(29)24-14-6-7-17-16(9-14)26-21(31-17)28-8-4-5-15(12-28)25-20-23-11-13(10-22)19(27-20)30-2/h3,6-7,9,11,15H,1,4-5,8,12H2,2H3,(H,24,29)(H,23,25,27)/t15-/m1/s1. The number of carbonyl (C=O) groups excluding carboxylic acids is 1. The summed E-state index contributed by atoms with van der Waals surface area (Å²) in [7, 11) is 1.48. The van der Waals surface area contributed by atoms with Gasteiger partial charge in [0.2, 0.25) is 17.7 Å². The van der Waals surface area contributed by atoms with Crippen molar-refractivity contribution in [2.24, 2.45) is 0 Å². The lowest BCUT2D eigenvalue weighted by Gasteiger charge is -2.32. The van der Waals surface area contributed by atoms with E-state index in [1.807, 2.05) is 24.3 Å². The van der Waals surface area contributed by atoms with Crippen LogP contribution in [0, 0.1) is 11.3 Å². The summed E-state index contributed by atoms with van der Waals surface area (Å²) in [6.45, 7) is 5.14. The molecule has 2 aromatic heterocycles. The highest BCUT2D eigenvalue weighted by Crippen LogP contribution is 2.32. The number of ether oxygens (including phenoxy) is 1. The van der Waals surface area contributed by atoms with Crippen LogP contribution in [0.4, 0.5) is 16.8 Å². The van der Waals surface area contributed by atoms with E-state index in [0.717, 1.165) is 41.3 Å². The third-order valence-corrected chi connectivity index (χ3v) is 6.02. The number of methoxy groups -OCH3 is 1. The Bertz CT molecular complexity index is 1170. The molecule has 10 heteroatoms. The van der Waals surface area contributed by atoms with Gasteiger partial charge < -0.3 is 20.3 Å². The van der Waals surface area contributed by atoms with Crippen LogP contribution in [0.2, 0.25) is 0 Å². The average molecular weight is 436 g/mol. The number of rotatable bonds is 6. The molecule has 0 bridgehead atoms. The molecule has 0 radical (unpaired) electrons. The number of nitrogens with zero attached hydrogens (tertiary/aromatic N) is 5. The Hall–Kier alpha value is -3.71. The Kier molecular flexibility index (Phi) is 5.95. The van der Waals surface area contributed by atoms with Gasteiger partial charge in [-0.3, -0.25) is 4.79 Å². The lowest BCUT2D eigenvalue weighted by Crippen LogP contribution is -2.42. The highest BCUT2D eigenvalue weighted by Gasteiger charge is 2.23. The van der Waals surface area contributed by atoms with E-state index >= 15 is 0 Å². The minimum atomic E-state index is -0.249. The zero-order valence-corrected chi connectivity index (χ0v) is 17.8. The van der Waals surface area contributed by atoms with Crippen molar-refractivity contribution in [2.75, 3.05) is 35.7 Å². The minimum Gasteiger partial charge on any atom is -0.480 e. The zero-order valence-electron chi connectivity index (χ0n) is 17.0. The SMILES string of the molecule is C=CC(=O)Nc1ccc2sc(N3CCC[C@@H](Nc4ncc(C#N)c(OC)n4)C3)nc2c1. The summed E-state index contributed by atoms with van der Waals surface area (Å²) in [6.07, 6.45) is 4.68. The number of nitrogens with one attached hydrogen (secondary N) is 2. The van der Waals surface area contributed by atoms with Gasteiger partial charge in [-0.05, 0) is 37.1 Å². The van der Waals surface area contributed by atoms with Gasteiger partial charge in [0, 0.05) is 24.8 Å². The summed E-state index contributed by atoms with van der Waals surface area (Å²) in [5.74, 6) is 0.453. The topological polar surface area (TPSA) is 116 Å². The lowest BCUT2D eigenvalue weighted by atomic mass is 10.1. The zero-order chi connectivity index (χ0) is 21.8. The van der Waals surface area contributed by atoms with E-state index in [1.54, 1.807) is 11.3 Å². The summed E-state index contributed by atoms with van der Waals surface area (Å²) in [5.41, 5.74) is 1.84. The smallest absolute Gasteiger partial charge is 0.247 e. The fraction of sp³-hybridized carbons (Fsp3) is 0.286. The molecule has 9 nitrogen and oxygen atoms in total. The molecule has 2 N–H and O–H groups in total. The summed E-state index contributed by atoms with van der Waals surface area (Å²) < 4.78 is 6.22. The van der Waals surface area contributed by atoms with Crippen molar-refractivity contribution in [1.82, 2.24) is 15.0 Å². The molecule has 3 heterocycles. The molecule has 3 aromatic rings. The molecule has 1 atom stereocenters. The highest BCUT2D eigenvalue weighted by atomic mass is 32.1. The number of hydrogen-bond acceptors (Lipinski definition) is 9. The van der Waals surface area contributed by atoms with Crippen molar-refractivity contribution < 1.29 is 9.53 Å². The van der Waals surface area contributed by atoms with Gasteiger partial charge in [-0.1, -0.05) is 17.9 Å². The molecule has 0 aliphatic carbocycles. The number of benzene rings is 1. The van der Waals surface area contributed by atoms with Gasteiger partial charge >= 0.3 is 0 Å². The summed E-state index contributed by atoms with van der Waals surface area (Å²) in [6, 6.07) is 7.85. The number of hydrogen-bond donors (Lipinski definition) is 2. The van der Waals surface area contributed by atoms with Crippen LogP contribution in [-0.4, -0.2) is 47.1 Å². The first-order valence-electron chi connectivity index (χ1n) is 9.76. The Labute approximate surface area is 183 Å². The highest BCUT2D eigenvalue weighted by molar-refractivity contribution is 7.22. The quantitative estimate of drug-likeness (QED) is 0.567. The summed E-state index contributed by atoms with van der Waals surface area (Å²) >= 11 is 1.62. The second-order valence-electron chi connectivity index (χ2n) is 7.03. The molecule has 158 valence electrons. The molecule has 0 unspecified atom stereocenters. The van der Waals surface area contributed by atoms with Gasteiger partial charge in [-0.2, -0.15) is 10.2 Å². The first-order valence-corrected chi connectivity index (χ1v) is 10.6. The van der Waals surface area contributed by atoms with Crippen LogP contribution in [-0.2, 0) is 4.79 Å². The van der Waals surface area contributed by atoms with Crippen LogP contribution < -0.4 is 20.3 Å². The molecule has 4 rings (SSSR count). The van der Waals surface area contributed by atoms with E-state index in [1.165, 1.54) is 19.4 Å². The first-order chi connectivity index (χ1) is 15.1. The summed E-state index contributed by atoms with van der Waals surface area (Å²) in [5, 5.41) is 16.1. The number of carbonyl (C=O) groups is 1. The summed E-state index contributed by atoms with van der Waals surface area (Å²) in [4.78, 5) is 27.1. The number of aromatic nitrogens is 3. The number of fused-ring (bicyclic) bond motifs is 1. The molecule has 31 heavy (non-hydrogen) atoms. The van der Waals surface area contributed by atoms with Crippen molar-refractivity contribution in [3.63, 3.8) is 0 Å². The van der Waals surface area contributed by atoms with Gasteiger partial charge in [-0.15, -0.1) is 0 Å². The van der Waals surface area contributed by atoms with Crippen LogP contribution in [0.1, 0.15) is 18.4 Å². The lowest BCUT2D eigenvalue weighted by molar-refractivity contribution is -0.111. The predicted molar refractivity (Wildman–Crippen MR) is 121 cm³/mol. The normalized spacial score (nSPS) is 15.9. The molecule has 1 aliphatic heterocycles. The molecule has 1 aliphatic rings. The van der Waals surface area contributed by atoms with E-state index in [0.29, 0.717) is 17.2 Å². The number of thiazole rings is 1. The molecular weight excluding hydrogens is 414 g/mol. The molecule has 1 aromatic carbocycles. The van der Waals surface area contributed by atoms with Crippen LogP contribution >= 0.6 is 11.3 Å². The maximum atomic E-state index is 11.5. The van der Waals surface area contributed by atoms with E-state index in [4.69, 9.17) is 15.0 Å². The van der Waals surface area contributed by atoms with Crippen molar-refractivity contribution >= 4 is 44.2 Å². The van der Waals surface area contributed by atoms with Crippen molar-refractivity contribution in [2.45, 2.75) is 18.9 Å². The molecule has 1 amide bonds. The molecular formula is C21H21N7O2S. The van der Waals surface area contributed by atoms with Crippen LogP contribution in [0.25, 0.3) is 10.2 Å². The second-order valence-corrected chi connectivity index (χ2v) is 8.04. The minimum absolute atomic E-state index is 0.140. The molecule has 0 saturated carbocycles. The molecule has 1 fully saturated rings. The number of piperidine rings is 1. The van der Waals surface area contributed by atoms with Gasteiger partial charge in [0.15, 0.2) is 5.13 Å². The van der Waals surface area contributed by atoms with Crippen molar-refractivity contribution in [1.29, 1.82) is 5.26 Å². The number of anilines is 3. The average Bonchev–Trinajstić information content (AvgIpc) is 3.22.